The topological polar surface area (TPSA) is 63.6 Å². The van der Waals surface area contributed by atoms with Gasteiger partial charge in [0.25, 0.3) is 0 Å². The maximum Gasteiger partial charge on any atom is 0.319 e. The molecule has 1 fully saturated rings. The second-order valence-corrected chi connectivity index (χ2v) is 5.00. The zero-order valence-corrected chi connectivity index (χ0v) is 10.8. The Morgan fingerprint density at radius 3 is 2.63 bits per heavy atom. The van der Waals surface area contributed by atoms with E-state index in [2.05, 4.69) is 0 Å². The molecule has 1 unspecified atom stereocenters. The number of carbonyl (C=O) groups excluding carboxylic acids is 1. The van der Waals surface area contributed by atoms with Crippen molar-refractivity contribution >= 4 is 11.8 Å². The van der Waals surface area contributed by atoms with Gasteiger partial charge in [-0.05, 0) is 18.4 Å². The number of benzene rings is 1. The van der Waals surface area contributed by atoms with E-state index in [0.717, 1.165) is 18.4 Å². The van der Waals surface area contributed by atoms with E-state index < -0.39 is 11.4 Å². The summed E-state index contributed by atoms with van der Waals surface area (Å²) in [6.45, 7) is 0.305. The lowest BCUT2D eigenvalue weighted by molar-refractivity contribution is -0.162. The zero-order valence-electron chi connectivity index (χ0n) is 10.8. The van der Waals surface area contributed by atoms with Gasteiger partial charge in [-0.25, -0.2) is 0 Å². The molecule has 0 bridgehead atoms. The second-order valence-electron chi connectivity index (χ2n) is 5.00. The van der Waals surface area contributed by atoms with Crippen LogP contribution in [-0.4, -0.2) is 23.5 Å². The van der Waals surface area contributed by atoms with Gasteiger partial charge < -0.3 is 9.84 Å². The van der Waals surface area contributed by atoms with Crippen molar-refractivity contribution in [1.29, 1.82) is 0 Å². The Morgan fingerprint density at radius 2 is 2.00 bits per heavy atom. The van der Waals surface area contributed by atoms with Crippen LogP contribution in [0.4, 0.5) is 0 Å². The summed E-state index contributed by atoms with van der Waals surface area (Å²) in [5.74, 6) is -1.25. The maximum absolute atomic E-state index is 11.9. The number of hydrogen-bond acceptors (Lipinski definition) is 3. The first-order valence-corrected chi connectivity index (χ1v) is 6.53. The van der Waals surface area contributed by atoms with Crippen LogP contribution in [0.15, 0.2) is 30.3 Å². The molecular weight excluding hydrogens is 244 g/mol. The quantitative estimate of drug-likeness (QED) is 0.828. The third kappa shape index (κ3) is 3.01. The van der Waals surface area contributed by atoms with Gasteiger partial charge >= 0.3 is 5.97 Å². The molecule has 1 atom stereocenters. The third-order valence-electron chi connectivity index (χ3n) is 3.66. The highest BCUT2D eigenvalue weighted by molar-refractivity contribution is 6.03. The Bertz CT molecular complexity index is 454. The average molecular weight is 262 g/mol. The van der Waals surface area contributed by atoms with Crippen molar-refractivity contribution < 1.29 is 19.4 Å². The van der Waals surface area contributed by atoms with Crippen LogP contribution in [0, 0.1) is 5.41 Å². The monoisotopic (exact) mass is 262 g/mol. The van der Waals surface area contributed by atoms with Gasteiger partial charge in [-0.1, -0.05) is 36.8 Å². The fraction of sp³-hybridized carbons (Fsp3) is 0.467. The van der Waals surface area contributed by atoms with E-state index in [4.69, 9.17) is 4.74 Å². The van der Waals surface area contributed by atoms with Crippen molar-refractivity contribution in [2.24, 2.45) is 5.41 Å². The number of carboxylic acid groups (broad SMARTS) is 1. The Balaban J connectivity index is 1.98. The molecule has 0 aliphatic heterocycles. The van der Waals surface area contributed by atoms with Crippen LogP contribution < -0.4 is 0 Å². The first kappa shape index (κ1) is 13.7. The molecule has 1 aliphatic rings. The highest BCUT2D eigenvalue weighted by Gasteiger charge is 2.47. The van der Waals surface area contributed by atoms with Gasteiger partial charge in [0, 0.05) is 6.42 Å². The molecule has 1 aliphatic carbocycles. The van der Waals surface area contributed by atoms with Gasteiger partial charge in [0.2, 0.25) is 0 Å². The van der Waals surface area contributed by atoms with E-state index in [1.165, 1.54) is 0 Å². The van der Waals surface area contributed by atoms with Crippen molar-refractivity contribution in [3.63, 3.8) is 0 Å². The molecule has 1 saturated carbocycles. The summed E-state index contributed by atoms with van der Waals surface area (Å²) in [5, 5.41) is 9.36. The molecular formula is C15H18O4. The Kier molecular flexibility index (Phi) is 4.32. The molecule has 0 heterocycles. The molecule has 19 heavy (non-hydrogen) atoms. The highest BCUT2D eigenvalue weighted by atomic mass is 16.5. The lowest BCUT2D eigenvalue weighted by atomic mass is 9.73. The van der Waals surface area contributed by atoms with Crippen LogP contribution in [0.5, 0.6) is 0 Å². The van der Waals surface area contributed by atoms with Crippen molar-refractivity contribution in [3.8, 4) is 0 Å². The van der Waals surface area contributed by atoms with Crippen molar-refractivity contribution in [2.75, 3.05) is 6.61 Å². The number of aliphatic carboxylic acids is 1. The van der Waals surface area contributed by atoms with Crippen LogP contribution in [0.3, 0.4) is 0 Å². The summed E-state index contributed by atoms with van der Waals surface area (Å²) in [7, 11) is 0. The molecule has 2 rings (SSSR count). The summed E-state index contributed by atoms with van der Waals surface area (Å²) in [6.07, 6.45) is 2.29. The number of hydrogen-bond donors (Lipinski definition) is 1. The smallest absolute Gasteiger partial charge is 0.319 e. The van der Waals surface area contributed by atoms with Crippen LogP contribution in [0.25, 0.3) is 0 Å². The van der Waals surface area contributed by atoms with Crippen molar-refractivity contribution in [2.45, 2.75) is 32.3 Å². The lowest BCUT2D eigenvalue weighted by Crippen LogP contribution is -2.45. The largest absolute Gasteiger partial charge is 0.480 e. The van der Waals surface area contributed by atoms with Gasteiger partial charge in [-0.15, -0.1) is 0 Å². The highest BCUT2D eigenvalue weighted by Crippen LogP contribution is 2.34. The summed E-state index contributed by atoms with van der Waals surface area (Å²) >= 11 is 0. The number of carbonyl (C=O) groups is 2. The predicted octanol–water partition coefficient (Wildman–Crippen LogP) is 2.42. The summed E-state index contributed by atoms with van der Waals surface area (Å²) < 4.78 is 5.49. The standard InChI is InChI=1S/C15H18O4/c16-13-8-4-5-9-15(13,14(17)18)11-19-10-12-6-2-1-3-7-12/h1-3,6-7H,4-5,8-11H2,(H,17,18). The Morgan fingerprint density at radius 1 is 1.26 bits per heavy atom. The normalized spacial score (nSPS) is 23.3. The molecule has 102 valence electrons. The van der Waals surface area contributed by atoms with Gasteiger partial charge in [0.05, 0.1) is 13.2 Å². The van der Waals surface area contributed by atoms with Crippen molar-refractivity contribution in [1.82, 2.24) is 0 Å². The molecule has 1 aromatic carbocycles. The molecule has 0 spiro atoms. The third-order valence-corrected chi connectivity index (χ3v) is 3.66. The van der Waals surface area contributed by atoms with Gasteiger partial charge in [0.1, 0.15) is 5.41 Å². The first-order valence-electron chi connectivity index (χ1n) is 6.53. The van der Waals surface area contributed by atoms with E-state index >= 15 is 0 Å². The number of rotatable bonds is 5. The van der Waals surface area contributed by atoms with E-state index in [-0.39, 0.29) is 12.4 Å². The second kappa shape index (κ2) is 5.97. The van der Waals surface area contributed by atoms with Crippen LogP contribution >= 0.6 is 0 Å². The minimum absolute atomic E-state index is 0.0317. The van der Waals surface area contributed by atoms with Crippen LogP contribution in [0.2, 0.25) is 0 Å². The number of Topliss-reactive ketones (excluding diaryl/α,β-unsaturated/α-hetero) is 1. The number of ether oxygens (including phenoxy) is 1. The minimum Gasteiger partial charge on any atom is -0.480 e. The summed E-state index contributed by atoms with van der Waals surface area (Å²) in [6, 6.07) is 9.54. The van der Waals surface area contributed by atoms with E-state index in [9.17, 15) is 14.7 Å². The van der Waals surface area contributed by atoms with Crippen LogP contribution in [0.1, 0.15) is 31.2 Å². The zero-order chi connectivity index (χ0) is 13.7. The fourth-order valence-electron chi connectivity index (χ4n) is 2.45. The molecule has 0 aromatic heterocycles. The van der Waals surface area contributed by atoms with Gasteiger partial charge in [-0.3, -0.25) is 9.59 Å². The maximum atomic E-state index is 11.9. The van der Waals surface area contributed by atoms with Crippen molar-refractivity contribution in [3.05, 3.63) is 35.9 Å². The summed E-state index contributed by atoms with van der Waals surface area (Å²) in [5.41, 5.74) is -0.348. The van der Waals surface area contributed by atoms with E-state index in [1.807, 2.05) is 30.3 Å². The Labute approximate surface area is 112 Å². The Hall–Kier alpha value is -1.68. The molecule has 0 saturated heterocycles. The van der Waals surface area contributed by atoms with E-state index in [1.54, 1.807) is 0 Å². The van der Waals surface area contributed by atoms with E-state index in [0.29, 0.717) is 19.4 Å². The lowest BCUT2D eigenvalue weighted by Gasteiger charge is -2.31. The molecule has 4 nitrogen and oxygen atoms in total. The SMILES string of the molecule is O=C(O)C1(COCc2ccccc2)CCCCC1=O. The van der Waals surface area contributed by atoms with Crippen LogP contribution in [-0.2, 0) is 20.9 Å². The number of carboxylic acids is 1. The van der Waals surface area contributed by atoms with Gasteiger partial charge in [-0.2, -0.15) is 0 Å². The predicted molar refractivity (Wildman–Crippen MR) is 69.6 cm³/mol. The molecule has 1 N–H and O–H groups in total. The van der Waals surface area contributed by atoms with Gasteiger partial charge in [0.15, 0.2) is 5.78 Å². The minimum atomic E-state index is -1.33. The molecule has 4 heteroatoms. The fourth-order valence-corrected chi connectivity index (χ4v) is 2.45. The average Bonchev–Trinajstić information content (AvgIpc) is 2.42. The molecule has 1 aromatic rings. The number of ketones is 1. The first-order chi connectivity index (χ1) is 9.15. The molecule has 0 radical (unpaired) electrons. The summed E-state index contributed by atoms with van der Waals surface area (Å²) in [4.78, 5) is 23.4. The molecule has 0 amide bonds.